The van der Waals surface area contributed by atoms with Gasteiger partial charge in [-0.1, -0.05) is 36.2 Å². The van der Waals surface area contributed by atoms with Gasteiger partial charge in [-0.25, -0.2) is 4.98 Å². The minimum Gasteiger partial charge on any atom is -0.383 e. The van der Waals surface area contributed by atoms with Gasteiger partial charge in [-0.15, -0.1) is 0 Å². The van der Waals surface area contributed by atoms with E-state index in [0.717, 1.165) is 19.3 Å². The Bertz CT molecular complexity index is 1160. The van der Waals surface area contributed by atoms with Gasteiger partial charge in [0.1, 0.15) is 5.82 Å². The lowest BCUT2D eigenvalue weighted by Crippen LogP contribution is -2.43. The first-order valence-electron chi connectivity index (χ1n) is 10.6. The SMILES string of the molecule is COCCN(C(=O)C1CCC1)C(C)c1nc2ccccc2c(=O)n1-c1cccc(Cl)c1. The smallest absolute Gasteiger partial charge is 0.266 e. The van der Waals surface area contributed by atoms with E-state index in [-0.39, 0.29) is 17.4 Å². The van der Waals surface area contributed by atoms with Crippen molar-refractivity contribution in [1.29, 1.82) is 0 Å². The normalized spacial score (nSPS) is 14.9. The second kappa shape index (κ2) is 9.20. The monoisotopic (exact) mass is 439 g/mol. The number of ether oxygens (including phenoxy) is 1. The number of para-hydroxylation sites is 1. The number of methoxy groups -OCH3 is 1. The van der Waals surface area contributed by atoms with Crippen LogP contribution < -0.4 is 5.56 Å². The van der Waals surface area contributed by atoms with Gasteiger partial charge < -0.3 is 9.64 Å². The Morgan fingerprint density at radius 3 is 2.71 bits per heavy atom. The number of halogens is 1. The van der Waals surface area contributed by atoms with Crippen LogP contribution in [0.4, 0.5) is 0 Å². The maximum absolute atomic E-state index is 13.5. The zero-order chi connectivity index (χ0) is 22.0. The fourth-order valence-corrected chi connectivity index (χ4v) is 4.19. The molecule has 3 aromatic rings. The number of fused-ring (bicyclic) bond motifs is 1. The van der Waals surface area contributed by atoms with Crippen LogP contribution in [-0.4, -0.2) is 40.6 Å². The molecule has 162 valence electrons. The highest BCUT2D eigenvalue weighted by Gasteiger charge is 2.34. The quantitative estimate of drug-likeness (QED) is 0.548. The molecular weight excluding hydrogens is 414 g/mol. The maximum Gasteiger partial charge on any atom is 0.266 e. The lowest BCUT2D eigenvalue weighted by molar-refractivity contribution is -0.141. The summed E-state index contributed by atoms with van der Waals surface area (Å²) in [7, 11) is 1.62. The Labute approximate surface area is 186 Å². The third-order valence-corrected chi connectivity index (χ3v) is 6.22. The number of benzene rings is 2. The standard InChI is InChI=1S/C24H26ClN3O3/c1-16(27(13-14-31-2)23(29)17-7-5-8-17)22-26-21-12-4-3-11-20(21)24(30)28(22)19-10-6-9-18(25)15-19/h3-4,6,9-12,15-17H,5,7-8,13-14H2,1-2H3. The molecule has 0 radical (unpaired) electrons. The van der Waals surface area contributed by atoms with Gasteiger partial charge in [-0.3, -0.25) is 14.2 Å². The van der Waals surface area contributed by atoms with E-state index in [0.29, 0.717) is 40.6 Å². The lowest BCUT2D eigenvalue weighted by Gasteiger charge is -2.35. The summed E-state index contributed by atoms with van der Waals surface area (Å²) in [5.74, 6) is 0.636. The molecule has 1 saturated carbocycles. The molecular formula is C24H26ClN3O3. The molecule has 1 atom stereocenters. The van der Waals surface area contributed by atoms with Crippen molar-refractivity contribution in [2.75, 3.05) is 20.3 Å². The molecule has 0 bridgehead atoms. The first-order chi connectivity index (χ1) is 15.0. The van der Waals surface area contributed by atoms with E-state index < -0.39 is 6.04 Å². The van der Waals surface area contributed by atoms with Crippen LogP contribution in [0.5, 0.6) is 0 Å². The summed E-state index contributed by atoms with van der Waals surface area (Å²) in [6.07, 6.45) is 2.88. The fraction of sp³-hybridized carbons (Fsp3) is 0.375. The van der Waals surface area contributed by atoms with Crippen LogP contribution in [0.25, 0.3) is 16.6 Å². The zero-order valence-corrected chi connectivity index (χ0v) is 18.5. The van der Waals surface area contributed by atoms with Gasteiger partial charge in [-0.2, -0.15) is 0 Å². The van der Waals surface area contributed by atoms with E-state index in [1.54, 1.807) is 40.8 Å². The van der Waals surface area contributed by atoms with Gasteiger partial charge >= 0.3 is 0 Å². The Hall–Kier alpha value is -2.70. The van der Waals surface area contributed by atoms with Crippen molar-refractivity contribution in [3.8, 4) is 5.69 Å². The van der Waals surface area contributed by atoms with Gasteiger partial charge in [-0.05, 0) is 50.1 Å². The molecule has 1 heterocycles. The van der Waals surface area contributed by atoms with Crippen LogP contribution >= 0.6 is 11.6 Å². The minimum absolute atomic E-state index is 0.0334. The second-order valence-electron chi connectivity index (χ2n) is 7.94. The number of carbonyl (C=O) groups excluding carboxylic acids is 1. The third kappa shape index (κ3) is 4.23. The van der Waals surface area contributed by atoms with Crippen LogP contribution in [0, 0.1) is 5.92 Å². The van der Waals surface area contributed by atoms with Crippen molar-refractivity contribution < 1.29 is 9.53 Å². The minimum atomic E-state index is -0.417. The van der Waals surface area contributed by atoms with Crippen molar-refractivity contribution in [2.45, 2.75) is 32.2 Å². The van der Waals surface area contributed by atoms with E-state index >= 15 is 0 Å². The molecule has 1 aromatic heterocycles. The van der Waals surface area contributed by atoms with E-state index in [2.05, 4.69) is 0 Å². The average Bonchev–Trinajstić information content (AvgIpc) is 2.72. The highest BCUT2D eigenvalue weighted by Crippen LogP contribution is 2.32. The summed E-state index contributed by atoms with van der Waals surface area (Å²) in [5, 5.41) is 1.05. The number of hydrogen-bond acceptors (Lipinski definition) is 4. The summed E-state index contributed by atoms with van der Waals surface area (Å²) >= 11 is 6.23. The Kier molecular flexibility index (Phi) is 6.39. The number of aromatic nitrogens is 2. The topological polar surface area (TPSA) is 64.4 Å². The van der Waals surface area contributed by atoms with Crippen LogP contribution in [0.2, 0.25) is 5.02 Å². The summed E-state index contributed by atoms with van der Waals surface area (Å²) in [4.78, 5) is 33.4. The van der Waals surface area contributed by atoms with E-state index in [4.69, 9.17) is 21.3 Å². The van der Waals surface area contributed by atoms with Gasteiger partial charge in [0.25, 0.3) is 5.56 Å². The molecule has 31 heavy (non-hydrogen) atoms. The highest BCUT2D eigenvalue weighted by atomic mass is 35.5. The van der Waals surface area contributed by atoms with Crippen molar-refractivity contribution >= 4 is 28.4 Å². The summed E-state index contributed by atoms with van der Waals surface area (Å²) < 4.78 is 6.84. The summed E-state index contributed by atoms with van der Waals surface area (Å²) in [5.41, 5.74) is 1.05. The van der Waals surface area contributed by atoms with Crippen molar-refractivity contribution in [1.82, 2.24) is 14.5 Å². The predicted octanol–water partition coefficient (Wildman–Crippen LogP) is 4.38. The van der Waals surface area contributed by atoms with Gasteiger partial charge in [0.2, 0.25) is 5.91 Å². The first kappa shape index (κ1) is 21.5. The molecule has 2 aromatic carbocycles. The number of amides is 1. The van der Waals surface area contributed by atoms with Crippen LogP contribution in [0.3, 0.4) is 0 Å². The largest absolute Gasteiger partial charge is 0.383 e. The van der Waals surface area contributed by atoms with Crippen LogP contribution in [-0.2, 0) is 9.53 Å². The fourth-order valence-electron chi connectivity index (χ4n) is 4.01. The molecule has 0 saturated heterocycles. The molecule has 1 aliphatic rings. The second-order valence-corrected chi connectivity index (χ2v) is 8.37. The van der Waals surface area contributed by atoms with Crippen molar-refractivity contribution in [3.05, 3.63) is 69.7 Å². The predicted molar refractivity (Wildman–Crippen MR) is 122 cm³/mol. The molecule has 7 heteroatoms. The Morgan fingerprint density at radius 1 is 1.26 bits per heavy atom. The summed E-state index contributed by atoms with van der Waals surface area (Å²) in [6.45, 7) is 2.77. The molecule has 1 fully saturated rings. The molecule has 6 nitrogen and oxygen atoms in total. The number of carbonyl (C=O) groups is 1. The van der Waals surface area contributed by atoms with Crippen molar-refractivity contribution in [3.63, 3.8) is 0 Å². The molecule has 1 amide bonds. The summed E-state index contributed by atoms with van der Waals surface area (Å²) in [6, 6.07) is 14.0. The molecule has 0 N–H and O–H groups in total. The van der Waals surface area contributed by atoms with Crippen LogP contribution in [0.15, 0.2) is 53.3 Å². The zero-order valence-electron chi connectivity index (χ0n) is 17.8. The Morgan fingerprint density at radius 2 is 2.03 bits per heavy atom. The van der Waals surface area contributed by atoms with E-state index in [1.165, 1.54) is 0 Å². The molecule has 1 aliphatic carbocycles. The van der Waals surface area contributed by atoms with Gasteiger partial charge in [0.15, 0.2) is 0 Å². The maximum atomic E-state index is 13.5. The van der Waals surface area contributed by atoms with Crippen LogP contribution in [0.1, 0.15) is 38.1 Å². The van der Waals surface area contributed by atoms with Gasteiger partial charge in [0.05, 0.1) is 29.2 Å². The van der Waals surface area contributed by atoms with E-state index in [1.807, 2.05) is 31.2 Å². The Balaban J connectivity index is 1.88. The highest BCUT2D eigenvalue weighted by molar-refractivity contribution is 6.30. The van der Waals surface area contributed by atoms with E-state index in [9.17, 15) is 9.59 Å². The number of nitrogens with zero attached hydrogens (tertiary/aromatic N) is 3. The number of rotatable bonds is 7. The molecule has 0 aliphatic heterocycles. The molecule has 4 rings (SSSR count). The molecule has 0 spiro atoms. The average molecular weight is 440 g/mol. The molecule has 1 unspecified atom stereocenters. The third-order valence-electron chi connectivity index (χ3n) is 5.98. The first-order valence-corrected chi connectivity index (χ1v) is 11.0. The van der Waals surface area contributed by atoms with Gasteiger partial charge in [0, 0.05) is 24.6 Å². The van der Waals surface area contributed by atoms with Crippen molar-refractivity contribution in [2.24, 2.45) is 5.92 Å². The lowest BCUT2D eigenvalue weighted by atomic mass is 9.84. The number of hydrogen-bond donors (Lipinski definition) is 0.